The van der Waals surface area contributed by atoms with Crippen molar-refractivity contribution in [1.29, 1.82) is 0 Å². The van der Waals surface area contributed by atoms with Gasteiger partial charge in [0.1, 0.15) is 6.54 Å². The summed E-state index contributed by atoms with van der Waals surface area (Å²) >= 11 is 0. The van der Waals surface area contributed by atoms with Gasteiger partial charge in [0.2, 0.25) is 5.91 Å². The molecule has 0 aromatic carbocycles. The summed E-state index contributed by atoms with van der Waals surface area (Å²) in [6.07, 6.45) is 4.37. The minimum Gasteiger partial charge on any atom is -0.370 e. The number of nitrogens with two attached hydrogens (primary N) is 1. The monoisotopic (exact) mass is 340 g/mol. The van der Waals surface area contributed by atoms with Crippen LogP contribution in [0.3, 0.4) is 0 Å². The number of nitrogens with zero attached hydrogens (tertiary/aromatic N) is 1. The van der Waals surface area contributed by atoms with Gasteiger partial charge in [0, 0.05) is 12.6 Å². The quantitative estimate of drug-likeness (QED) is 0.287. The number of unbranched alkanes of at least 4 members (excludes halogenated alkanes) is 1. The molecule has 5 nitrogen and oxygen atoms in total. The third kappa shape index (κ3) is 7.72. The lowest BCUT2D eigenvalue weighted by atomic mass is 10.3. The molecule has 0 aromatic heterocycles. The number of rotatable bonds is 6. The Morgan fingerprint density at radius 1 is 1.50 bits per heavy atom. The molecule has 6 heteroatoms. The first-order valence-corrected chi connectivity index (χ1v) is 5.55. The minimum absolute atomic E-state index is 0. The summed E-state index contributed by atoms with van der Waals surface area (Å²) in [5.74, 6) is 0.312. The summed E-state index contributed by atoms with van der Waals surface area (Å²) in [6.45, 7) is 3.05. The summed E-state index contributed by atoms with van der Waals surface area (Å²) in [5, 5.41) is 5.80. The van der Waals surface area contributed by atoms with Crippen LogP contribution in [0.4, 0.5) is 0 Å². The zero-order valence-corrected chi connectivity index (χ0v) is 12.0. The van der Waals surface area contributed by atoms with Crippen LogP contribution in [-0.2, 0) is 4.79 Å². The highest BCUT2D eigenvalue weighted by atomic mass is 127. The normalized spacial score (nSPS) is 15.2. The first kappa shape index (κ1) is 15.5. The van der Waals surface area contributed by atoms with Crippen LogP contribution in [0, 0.1) is 0 Å². The molecule has 0 spiro atoms. The van der Waals surface area contributed by atoms with E-state index in [0.717, 1.165) is 32.2 Å². The van der Waals surface area contributed by atoms with E-state index in [-0.39, 0.29) is 36.4 Å². The first-order chi connectivity index (χ1) is 7.22. The van der Waals surface area contributed by atoms with E-state index in [1.54, 1.807) is 0 Å². The smallest absolute Gasteiger partial charge is 0.242 e. The number of nitrogens with one attached hydrogen (secondary N) is 2. The van der Waals surface area contributed by atoms with E-state index in [2.05, 4.69) is 22.5 Å². The van der Waals surface area contributed by atoms with Crippen molar-refractivity contribution in [3.05, 3.63) is 0 Å². The Labute approximate surface area is 114 Å². The predicted octanol–water partition coefficient (Wildman–Crippen LogP) is 0.587. The molecule has 4 N–H and O–H groups in total. The van der Waals surface area contributed by atoms with E-state index in [1.165, 1.54) is 0 Å². The van der Waals surface area contributed by atoms with Gasteiger partial charge in [-0.15, -0.1) is 24.0 Å². The number of hydrogen-bond acceptors (Lipinski definition) is 2. The molecule has 1 rings (SSSR count). The zero-order chi connectivity index (χ0) is 11.1. The highest BCUT2D eigenvalue weighted by Crippen LogP contribution is 2.18. The van der Waals surface area contributed by atoms with E-state index >= 15 is 0 Å². The largest absolute Gasteiger partial charge is 0.370 e. The van der Waals surface area contributed by atoms with Gasteiger partial charge in [-0.25, -0.2) is 4.99 Å². The van der Waals surface area contributed by atoms with Crippen LogP contribution in [0.1, 0.15) is 32.6 Å². The number of hydrogen-bond donors (Lipinski definition) is 3. The number of guanidine groups is 1. The summed E-state index contributed by atoms with van der Waals surface area (Å²) in [5.41, 5.74) is 5.57. The topological polar surface area (TPSA) is 79.5 Å². The lowest BCUT2D eigenvalue weighted by Gasteiger charge is -2.04. The number of aliphatic imine (C=N–C) groups is 1. The maximum Gasteiger partial charge on any atom is 0.242 e. The van der Waals surface area contributed by atoms with E-state index in [9.17, 15) is 4.79 Å². The van der Waals surface area contributed by atoms with Gasteiger partial charge in [0.25, 0.3) is 0 Å². The van der Waals surface area contributed by atoms with Crippen LogP contribution in [-0.4, -0.2) is 31.0 Å². The molecular formula is C10H21IN4O. The van der Waals surface area contributed by atoms with Gasteiger partial charge in [0.15, 0.2) is 5.96 Å². The van der Waals surface area contributed by atoms with Crippen LogP contribution in [0.25, 0.3) is 0 Å². The van der Waals surface area contributed by atoms with Crippen molar-refractivity contribution in [2.24, 2.45) is 10.7 Å². The summed E-state index contributed by atoms with van der Waals surface area (Å²) in [6, 6.07) is 0.391. The molecule has 1 amide bonds. The molecule has 0 aliphatic heterocycles. The zero-order valence-electron chi connectivity index (χ0n) is 9.66. The SMILES string of the molecule is CCCCNC(N)=NCC(=O)NC1CC1.I. The predicted molar refractivity (Wildman–Crippen MR) is 76.0 cm³/mol. The molecule has 16 heavy (non-hydrogen) atoms. The summed E-state index contributed by atoms with van der Waals surface area (Å²) in [4.78, 5) is 15.2. The summed E-state index contributed by atoms with van der Waals surface area (Å²) in [7, 11) is 0. The van der Waals surface area contributed by atoms with E-state index in [0.29, 0.717) is 12.0 Å². The van der Waals surface area contributed by atoms with Crippen molar-refractivity contribution in [1.82, 2.24) is 10.6 Å². The highest BCUT2D eigenvalue weighted by molar-refractivity contribution is 14.0. The first-order valence-electron chi connectivity index (χ1n) is 5.55. The molecule has 0 radical (unpaired) electrons. The third-order valence-corrected chi connectivity index (χ3v) is 2.17. The van der Waals surface area contributed by atoms with E-state index < -0.39 is 0 Å². The lowest BCUT2D eigenvalue weighted by Crippen LogP contribution is -2.34. The molecule has 1 aliphatic carbocycles. The maximum absolute atomic E-state index is 11.2. The van der Waals surface area contributed by atoms with Crippen molar-refractivity contribution in [2.75, 3.05) is 13.1 Å². The van der Waals surface area contributed by atoms with Crippen LogP contribution in [0.2, 0.25) is 0 Å². The fourth-order valence-electron chi connectivity index (χ4n) is 1.11. The van der Waals surface area contributed by atoms with E-state index in [4.69, 9.17) is 5.73 Å². The molecule has 94 valence electrons. The molecule has 1 aliphatic rings. The Balaban J connectivity index is 0.00000225. The van der Waals surface area contributed by atoms with E-state index in [1.807, 2.05) is 0 Å². The standard InChI is InChI=1S/C10H20N4O.HI/c1-2-3-6-12-10(11)13-7-9(15)14-8-4-5-8;/h8H,2-7H2,1H3,(H,14,15)(H3,11,12,13);1H. The Morgan fingerprint density at radius 3 is 2.75 bits per heavy atom. The number of carbonyl (C=O) groups is 1. The number of amides is 1. The van der Waals surface area contributed by atoms with Gasteiger partial charge in [-0.2, -0.15) is 0 Å². The second-order valence-corrected chi connectivity index (χ2v) is 3.82. The molecule has 0 heterocycles. The Kier molecular flexibility index (Phi) is 8.32. The fourth-order valence-corrected chi connectivity index (χ4v) is 1.11. The van der Waals surface area contributed by atoms with Gasteiger partial charge in [-0.05, 0) is 19.3 Å². The molecule has 0 bridgehead atoms. The molecule has 0 aromatic rings. The van der Waals surface area contributed by atoms with Gasteiger partial charge in [-0.1, -0.05) is 13.3 Å². The Hall–Kier alpha value is -0.530. The minimum atomic E-state index is -0.0438. The maximum atomic E-state index is 11.2. The van der Waals surface area contributed by atoms with Crippen molar-refractivity contribution in [3.63, 3.8) is 0 Å². The van der Waals surface area contributed by atoms with Gasteiger partial charge < -0.3 is 16.4 Å². The number of carbonyl (C=O) groups excluding carboxylic acids is 1. The second-order valence-electron chi connectivity index (χ2n) is 3.82. The average molecular weight is 340 g/mol. The molecule has 0 atom stereocenters. The third-order valence-electron chi connectivity index (χ3n) is 2.17. The van der Waals surface area contributed by atoms with Crippen LogP contribution >= 0.6 is 24.0 Å². The number of halogens is 1. The van der Waals surface area contributed by atoms with Crippen LogP contribution in [0.5, 0.6) is 0 Å². The van der Waals surface area contributed by atoms with Crippen molar-refractivity contribution in [3.8, 4) is 0 Å². The Bertz CT molecular complexity index is 241. The van der Waals surface area contributed by atoms with Gasteiger partial charge in [-0.3, -0.25) is 4.79 Å². The summed E-state index contributed by atoms with van der Waals surface area (Å²) < 4.78 is 0. The second kappa shape index (κ2) is 8.60. The highest BCUT2D eigenvalue weighted by Gasteiger charge is 2.22. The van der Waals surface area contributed by atoms with Gasteiger partial charge >= 0.3 is 0 Å². The van der Waals surface area contributed by atoms with Crippen molar-refractivity contribution >= 4 is 35.8 Å². The van der Waals surface area contributed by atoms with Crippen LogP contribution in [0.15, 0.2) is 4.99 Å². The molecule has 1 fully saturated rings. The van der Waals surface area contributed by atoms with Crippen molar-refractivity contribution in [2.45, 2.75) is 38.6 Å². The van der Waals surface area contributed by atoms with Crippen LogP contribution < -0.4 is 16.4 Å². The van der Waals surface area contributed by atoms with Gasteiger partial charge in [0.05, 0.1) is 0 Å². The molecule has 0 unspecified atom stereocenters. The molecule has 1 saturated carbocycles. The molecular weight excluding hydrogens is 319 g/mol. The molecule has 0 saturated heterocycles. The average Bonchev–Trinajstić information content (AvgIpc) is 2.99. The van der Waals surface area contributed by atoms with Crippen molar-refractivity contribution < 1.29 is 4.79 Å². The fraction of sp³-hybridized carbons (Fsp3) is 0.800. The lowest BCUT2D eigenvalue weighted by molar-refractivity contribution is -0.119. The Morgan fingerprint density at radius 2 is 2.19 bits per heavy atom.